The second-order valence-electron chi connectivity index (χ2n) is 5.17. The summed E-state index contributed by atoms with van der Waals surface area (Å²) in [7, 11) is 1.66. The average molecular weight is 378 g/mol. The van der Waals surface area contributed by atoms with Gasteiger partial charge in [-0.05, 0) is 30.7 Å². The highest BCUT2D eigenvalue weighted by Crippen LogP contribution is 2.31. The van der Waals surface area contributed by atoms with E-state index in [9.17, 15) is 0 Å². The number of hydrogen-bond donors (Lipinski definition) is 0. The first-order valence-corrected chi connectivity index (χ1v) is 9.23. The number of thioether (sulfide) groups is 1. The Morgan fingerprint density at radius 3 is 2.88 bits per heavy atom. The van der Waals surface area contributed by atoms with Crippen LogP contribution in [-0.2, 0) is 5.75 Å². The molecule has 0 aliphatic rings. The van der Waals surface area contributed by atoms with Crippen LogP contribution < -0.4 is 4.74 Å². The fraction of sp³-hybridized carbons (Fsp3) is 0.200. The number of halogens is 1. The van der Waals surface area contributed by atoms with Crippen LogP contribution >= 0.6 is 34.9 Å². The zero-order valence-electron chi connectivity index (χ0n) is 12.9. The van der Waals surface area contributed by atoms with Crippen molar-refractivity contribution in [2.75, 3.05) is 7.11 Å². The molecule has 0 spiro atoms. The van der Waals surface area contributed by atoms with Crippen LogP contribution in [0.2, 0.25) is 4.34 Å². The number of nitrogens with zero attached hydrogens (tertiary/aromatic N) is 5. The molecule has 0 aliphatic carbocycles. The lowest BCUT2D eigenvalue weighted by atomic mass is 10.1. The molecule has 0 amide bonds. The molecule has 4 rings (SSSR count). The first-order chi connectivity index (χ1) is 11.7. The molecule has 4 aromatic rings. The van der Waals surface area contributed by atoms with Gasteiger partial charge in [-0.2, -0.15) is 0 Å². The highest BCUT2D eigenvalue weighted by atomic mass is 35.5. The molecular formula is C15H12ClN5OS2. The summed E-state index contributed by atoms with van der Waals surface area (Å²) < 4.78 is 11.9. The minimum absolute atomic E-state index is 0.593. The van der Waals surface area contributed by atoms with Gasteiger partial charge in [-0.3, -0.25) is 4.40 Å². The summed E-state index contributed by atoms with van der Waals surface area (Å²) in [6.45, 7) is 2.07. The number of hydrogen-bond acceptors (Lipinski definition) is 7. The molecule has 0 atom stereocenters. The molecule has 0 radical (unpaired) electrons. The van der Waals surface area contributed by atoms with Gasteiger partial charge in [0, 0.05) is 28.7 Å². The third-order valence-electron chi connectivity index (χ3n) is 3.72. The lowest BCUT2D eigenvalue weighted by Gasteiger charge is -2.09. The van der Waals surface area contributed by atoms with Gasteiger partial charge in [-0.1, -0.05) is 27.9 Å². The van der Waals surface area contributed by atoms with Crippen LogP contribution in [0, 0.1) is 6.92 Å². The van der Waals surface area contributed by atoms with Crippen LogP contribution in [0.25, 0.3) is 16.6 Å². The van der Waals surface area contributed by atoms with E-state index < -0.39 is 0 Å². The third kappa shape index (κ3) is 2.60. The summed E-state index contributed by atoms with van der Waals surface area (Å²) in [6.07, 6.45) is 0. The fourth-order valence-electron chi connectivity index (χ4n) is 2.54. The second kappa shape index (κ2) is 6.19. The van der Waals surface area contributed by atoms with E-state index in [-0.39, 0.29) is 0 Å². The van der Waals surface area contributed by atoms with Crippen molar-refractivity contribution in [1.82, 2.24) is 24.2 Å². The van der Waals surface area contributed by atoms with Crippen molar-refractivity contribution < 1.29 is 4.74 Å². The van der Waals surface area contributed by atoms with Gasteiger partial charge in [0.2, 0.25) is 0 Å². The van der Waals surface area contributed by atoms with Crippen molar-refractivity contribution in [3.63, 3.8) is 0 Å². The molecule has 0 saturated heterocycles. The van der Waals surface area contributed by atoms with Gasteiger partial charge in [-0.25, -0.2) is 0 Å². The van der Waals surface area contributed by atoms with Crippen molar-refractivity contribution >= 4 is 51.4 Å². The molecule has 1 aromatic carbocycles. The highest BCUT2D eigenvalue weighted by Gasteiger charge is 2.14. The van der Waals surface area contributed by atoms with E-state index in [1.54, 1.807) is 7.11 Å². The van der Waals surface area contributed by atoms with E-state index in [1.807, 2.05) is 22.6 Å². The highest BCUT2D eigenvalue weighted by molar-refractivity contribution is 7.98. The van der Waals surface area contributed by atoms with Gasteiger partial charge in [0.05, 0.1) is 12.6 Å². The monoisotopic (exact) mass is 377 g/mol. The summed E-state index contributed by atoms with van der Waals surface area (Å²) in [4.78, 5) is 0. The maximum Gasteiger partial charge on any atom is 0.196 e. The van der Waals surface area contributed by atoms with Gasteiger partial charge in [0.25, 0.3) is 0 Å². The normalized spacial score (nSPS) is 11.5. The van der Waals surface area contributed by atoms with E-state index in [0.29, 0.717) is 10.1 Å². The van der Waals surface area contributed by atoms with Crippen LogP contribution in [0.15, 0.2) is 29.4 Å². The molecule has 0 aliphatic heterocycles. The van der Waals surface area contributed by atoms with Crippen LogP contribution in [0.4, 0.5) is 0 Å². The SMILES string of the molecule is COc1ccc2c(C)cc3nnc(SCc4nnsc4Cl)n3c2c1. The maximum atomic E-state index is 6.07. The van der Waals surface area contributed by atoms with Gasteiger partial charge in [0.1, 0.15) is 15.8 Å². The maximum absolute atomic E-state index is 6.07. The molecule has 9 heteroatoms. The quantitative estimate of drug-likeness (QED) is 0.501. The summed E-state index contributed by atoms with van der Waals surface area (Å²) in [5, 5.41) is 14.6. The van der Waals surface area contributed by atoms with Crippen molar-refractivity contribution in [2.45, 2.75) is 17.8 Å². The number of aromatic nitrogens is 5. The lowest BCUT2D eigenvalue weighted by molar-refractivity contribution is 0.415. The predicted molar refractivity (Wildman–Crippen MR) is 96.3 cm³/mol. The number of ether oxygens (including phenoxy) is 1. The number of aryl methyl sites for hydroxylation is 1. The number of methoxy groups -OCH3 is 1. The molecule has 0 saturated carbocycles. The Morgan fingerprint density at radius 2 is 2.12 bits per heavy atom. The Hall–Kier alpha value is -1.90. The molecule has 24 heavy (non-hydrogen) atoms. The second-order valence-corrected chi connectivity index (χ2v) is 7.47. The van der Waals surface area contributed by atoms with Crippen LogP contribution in [0.3, 0.4) is 0 Å². The number of fused-ring (bicyclic) bond motifs is 3. The Labute approximate surface area is 151 Å². The minimum Gasteiger partial charge on any atom is -0.497 e. The van der Waals surface area contributed by atoms with Crippen molar-refractivity contribution in [3.05, 3.63) is 39.9 Å². The summed E-state index contributed by atoms with van der Waals surface area (Å²) >= 11 is 8.79. The van der Waals surface area contributed by atoms with Crippen LogP contribution in [0.5, 0.6) is 5.75 Å². The molecule has 122 valence electrons. The van der Waals surface area contributed by atoms with Crippen LogP contribution in [0.1, 0.15) is 11.3 Å². The first kappa shape index (κ1) is 15.6. The Bertz CT molecular complexity index is 1050. The van der Waals surface area contributed by atoms with E-state index in [0.717, 1.165) is 38.7 Å². The summed E-state index contributed by atoms with van der Waals surface area (Å²) in [5.74, 6) is 1.39. The first-order valence-electron chi connectivity index (χ1n) is 7.09. The molecule has 0 N–H and O–H groups in total. The smallest absolute Gasteiger partial charge is 0.196 e. The number of pyridine rings is 1. The molecule has 3 heterocycles. The van der Waals surface area contributed by atoms with Gasteiger partial charge >= 0.3 is 0 Å². The van der Waals surface area contributed by atoms with Gasteiger partial charge in [0.15, 0.2) is 10.8 Å². The standard InChI is InChI=1S/C15H12ClN5OS2/c1-8-5-13-18-19-15(23-7-11-14(16)24-20-17-11)21(13)12-6-9(22-2)3-4-10(8)12/h3-6H,7H2,1-2H3. The zero-order chi connectivity index (χ0) is 16.7. The lowest BCUT2D eigenvalue weighted by Crippen LogP contribution is -1.95. The van der Waals surface area contributed by atoms with Crippen LogP contribution in [-0.4, -0.2) is 31.3 Å². The molecule has 3 aromatic heterocycles. The molecule has 0 bridgehead atoms. The van der Waals surface area contributed by atoms with E-state index in [2.05, 4.69) is 32.8 Å². The van der Waals surface area contributed by atoms with E-state index in [1.165, 1.54) is 23.3 Å². The molecule has 6 nitrogen and oxygen atoms in total. The predicted octanol–water partition coefficient (Wildman–Crippen LogP) is 4.00. The minimum atomic E-state index is 0.593. The Balaban J connectivity index is 1.84. The fourth-order valence-corrected chi connectivity index (χ4v) is 4.22. The molecule has 0 unspecified atom stereocenters. The van der Waals surface area contributed by atoms with Crippen molar-refractivity contribution in [1.29, 1.82) is 0 Å². The summed E-state index contributed by atoms with van der Waals surface area (Å²) in [6, 6.07) is 8.04. The topological polar surface area (TPSA) is 65.2 Å². The largest absolute Gasteiger partial charge is 0.497 e. The van der Waals surface area contributed by atoms with Gasteiger partial charge < -0.3 is 4.74 Å². The molecular weight excluding hydrogens is 366 g/mol. The Kier molecular flexibility index (Phi) is 4.03. The number of benzene rings is 1. The zero-order valence-corrected chi connectivity index (χ0v) is 15.2. The average Bonchev–Trinajstić information content (AvgIpc) is 3.18. The van der Waals surface area contributed by atoms with Gasteiger partial charge in [-0.15, -0.1) is 15.3 Å². The Morgan fingerprint density at radius 1 is 1.25 bits per heavy atom. The van der Waals surface area contributed by atoms with Crippen molar-refractivity contribution in [2.24, 2.45) is 0 Å². The van der Waals surface area contributed by atoms with E-state index in [4.69, 9.17) is 16.3 Å². The molecule has 0 fully saturated rings. The number of rotatable bonds is 4. The van der Waals surface area contributed by atoms with Crippen molar-refractivity contribution in [3.8, 4) is 5.75 Å². The van der Waals surface area contributed by atoms with E-state index >= 15 is 0 Å². The third-order valence-corrected chi connectivity index (χ3v) is 5.65. The summed E-state index contributed by atoms with van der Waals surface area (Å²) in [5.41, 5.74) is 3.73.